The van der Waals surface area contributed by atoms with Gasteiger partial charge >= 0.3 is 0 Å². The normalized spacial score (nSPS) is 44.5. The van der Waals surface area contributed by atoms with Crippen LogP contribution < -0.4 is 0 Å². The second-order valence-electron chi connectivity index (χ2n) is 10.2. The van der Waals surface area contributed by atoms with Crippen molar-refractivity contribution in [3.63, 3.8) is 0 Å². The molecule has 42 heavy (non-hydrogen) atoms. The lowest BCUT2D eigenvalue weighted by molar-refractivity contribution is -0.389. The van der Waals surface area contributed by atoms with Crippen LogP contribution in [0.15, 0.2) is 5.11 Å². The smallest absolute Gasteiger partial charge is 0.187 e. The van der Waals surface area contributed by atoms with Crippen LogP contribution in [-0.2, 0) is 28.4 Å². The van der Waals surface area contributed by atoms with Gasteiger partial charge in [0.25, 0.3) is 0 Å². The lowest BCUT2D eigenvalue weighted by Crippen LogP contribution is -2.67. The van der Waals surface area contributed by atoms with Crippen LogP contribution in [0.1, 0.15) is 19.3 Å². The first kappa shape index (κ1) is 35.2. The zero-order valence-electron chi connectivity index (χ0n) is 22.6. The molecule has 0 spiro atoms. The molecule has 0 saturated carbocycles. The van der Waals surface area contributed by atoms with E-state index in [-0.39, 0.29) is 6.61 Å². The van der Waals surface area contributed by atoms with Crippen molar-refractivity contribution >= 4 is 0 Å². The maximum Gasteiger partial charge on any atom is 0.187 e. The molecular formula is C23H41N3O16. The zero-order valence-corrected chi connectivity index (χ0v) is 22.6. The second-order valence-corrected chi connectivity index (χ2v) is 10.2. The van der Waals surface area contributed by atoms with Gasteiger partial charge in [0.1, 0.15) is 73.2 Å². The summed E-state index contributed by atoms with van der Waals surface area (Å²) < 4.78 is 33.3. The van der Waals surface area contributed by atoms with Gasteiger partial charge in [-0.05, 0) is 18.4 Å². The fourth-order valence-electron chi connectivity index (χ4n) is 4.86. The Bertz CT molecular complexity index is 855. The predicted octanol–water partition coefficient (Wildman–Crippen LogP) is -5.07. The molecule has 3 rings (SSSR count). The van der Waals surface area contributed by atoms with Crippen molar-refractivity contribution in [2.24, 2.45) is 5.11 Å². The summed E-state index contributed by atoms with van der Waals surface area (Å²) in [5.74, 6) is 0. The summed E-state index contributed by atoms with van der Waals surface area (Å²) in [6.45, 7) is -1.90. The highest BCUT2D eigenvalue weighted by atomic mass is 16.8. The van der Waals surface area contributed by atoms with Crippen LogP contribution in [0.3, 0.4) is 0 Å². The molecule has 0 aliphatic carbocycles. The van der Waals surface area contributed by atoms with E-state index in [1.165, 1.54) is 0 Å². The Labute approximate surface area is 240 Å². The highest BCUT2D eigenvalue weighted by Crippen LogP contribution is 2.33. The van der Waals surface area contributed by atoms with E-state index in [0.29, 0.717) is 25.8 Å². The summed E-state index contributed by atoms with van der Waals surface area (Å²) in [6.07, 6.45) is -23.2. The van der Waals surface area contributed by atoms with E-state index in [4.69, 9.17) is 34.0 Å². The third-order valence-corrected chi connectivity index (χ3v) is 7.33. The van der Waals surface area contributed by atoms with Gasteiger partial charge in [-0.2, -0.15) is 0 Å². The van der Waals surface area contributed by atoms with Gasteiger partial charge in [-0.1, -0.05) is 11.5 Å². The summed E-state index contributed by atoms with van der Waals surface area (Å²) in [7, 11) is 0. The number of hydrogen-bond donors (Lipinski definition) is 10. The molecule has 0 aromatic heterocycles. The number of azide groups is 1. The van der Waals surface area contributed by atoms with E-state index in [1.807, 2.05) is 0 Å². The average molecular weight is 616 g/mol. The Morgan fingerprint density at radius 3 is 1.74 bits per heavy atom. The van der Waals surface area contributed by atoms with Gasteiger partial charge in [0.05, 0.1) is 19.8 Å². The second kappa shape index (κ2) is 16.7. The van der Waals surface area contributed by atoms with Crippen LogP contribution >= 0.6 is 0 Å². The molecule has 0 aromatic rings. The van der Waals surface area contributed by atoms with Gasteiger partial charge < -0.3 is 79.5 Å². The quantitative estimate of drug-likeness (QED) is 0.0378. The molecule has 3 aliphatic heterocycles. The largest absolute Gasteiger partial charge is 0.394 e. The van der Waals surface area contributed by atoms with Crippen molar-refractivity contribution in [3.05, 3.63) is 10.4 Å². The van der Waals surface area contributed by atoms with Crippen molar-refractivity contribution in [1.29, 1.82) is 0 Å². The molecular weight excluding hydrogens is 574 g/mol. The Balaban J connectivity index is 1.75. The van der Waals surface area contributed by atoms with Crippen LogP contribution in [0, 0.1) is 0 Å². The molecule has 3 heterocycles. The molecule has 3 aliphatic rings. The van der Waals surface area contributed by atoms with E-state index in [9.17, 15) is 51.1 Å². The van der Waals surface area contributed by atoms with Gasteiger partial charge in [-0.25, -0.2) is 0 Å². The lowest BCUT2D eigenvalue weighted by atomic mass is 9.96. The third kappa shape index (κ3) is 8.23. The number of ether oxygens (including phenoxy) is 6. The fraction of sp³-hybridized carbons (Fsp3) is 1.00. The summed E-state index contributed by atoms with van der Waals surface area (Å²) in [6, 6.07) is 0. The maximum absolute atomic E-state index is 11.0. The molecule has 3 saturated heterocycles. The molecule has 0 unspecified atom stereocenters. The minimum absolute atomic E-state index is 0.0826. The van der Waals surface area contributed by atoms with E-state index >= 15 is 0 Å². The Morgan fingerprint density at radius 2 is 1.12 bits per heavy atom. The average Bonchev–Trinajstić information content (AvgIpc) is 2.98. The van der Waals surface area contributed by atoms with Crippen molar-refractivity contribution in [2.75, 3.05) is 33.0 Å². The lowest BCUT2D eigenvalue weighted by Gasteiger charge is -2.48. The van der Waals surface area contributed by atoms with E-state index in [0.717, 1.165) is 0 Å². The number of nitrogens with zero attached hydrogens (tertiary/aromatic N) is 3. The van der Waals surface area contributed by atoms with E-state index in [2.05, 4.69) is 10.0 Å². The highest BCUT2D eigenvalue weighted by molar-refractivity contribution is 4.96. The number of aliphatic hydroxyl groups excluding tert-OH is 10. The highest BCUT2D eigenvalue weighted by Gasteiger charge is 2.54. The molecule has 15 atom stereocenters. The monoisotopic (exact) mass is 615 g/mol. The van der Waals surface area contributed by atoms with Gasteiger partial charge in [-0.15, -0.1) is 0 Å². The number of rotatable bonds is 14. The zero-order chi connectivity index (χ0) is 31.0. The molecule has 19 nitrogen and oxygen atoms in total. The number of unbranched alkanes of at least 4 members (excludes halogenated alkanes) is 2. The minimum Gasteiger partial charge on any atom is -0.394 e. The molecule has 0 bridgehead atoms. The molecule has 244 valence electrons. The number of aliphatic hydroxyl groups is 10. The van der Waals surface area contributed by atoms with Gasteiger partial charge in [0.2, 0.25) is 0 Å². The van der Waals surface area contributed by atoms with Crippen LogP contribution in [-0.4, -0.2) is 176 Å². The maximum atomic E-state index is 11.0. The molecule has 3 fully saturated rings. The van der Waals surface area contributed by atoms with Crippen molar-refractivity contribution in [3.8, 4) is 0 Å². The molecule has 10 N–H and O–H groups in total. The molecule has 0 aromatic carbocycles. The predicted molar refractivity (Wildman–Crippen MR) is 133 cm³/mol. The topological polar surface area (TPSA) is 306 Å². The molecule has 0 amide bonds. The van der Waals surface area contributed by atoms with Crippen molar-refractivity contribution < 1.29 is 79.5 Å². The summed E-state index contributed by atoms with van der Waals surface area (Å²) in [5.41, 5.74) is 8.32. The van der Waals surface area contributed by atoms with Gasteiger partial charge in [-0.3, -0.25) is 0 Å². The van der Waals surface area contributed by atoms with Crippen molar-refractivity contribution in [1.82, 2.24) is 0 Å². The Hall–Kier alpha value is -1.33. The first-order valence-corrected chi connectivity index (χ1v) is 13.6. The summed E-state index contributed by atoms with van der Waals surface area (Å²) in [5, 5.41) is 106. The fourth-order valence-corrected chi connectivity index (χ4v) is 4.86. The molecule has 19 heteroatoms. The van der Waals surface area contributed by atoms with Gasteiger partial charge in [0.15, 0.2) is 18.9 Å². The minimum atomic E-state index is -1.90. The summed E-state index contributed by atoms with van der Waals surface area (Å²) in [4.78, 5) is 2.66. The van der Waals surface area contributed by atoms with E-state index < -0.39 is 112 Å². The van der Waals surface area contributed by atoms with Crippen LogP contribution in [0.5, 0.6) is 0 Å². The Kier molecular flexibility index (Phi) is 13.9. The van der Waals surface area contributed by atoms with Crippen LogP contribution in [0.25, 0.3) is 10.4 Å². The number of hydrogen-bond acceptors (Lipinski definition) is 17. The first-order valence-electron chi connectivity index (χ1n) is 13.6. The van der Waals surface area contributed by atoms with Crippen LogP contribution in [0.4, 0.5) is 0 Å². The SMILES string of the molecule is [N-]=[N+]=NCCCCCO[C@H]1O[C@H](CO)[C@@H](O)[C@H](O[C@H]2O[C@H](CO)[C@@H](O)[C@H](O)[C@@H]2O[C@H]2O[C@H](CO)[C@@H](O)[C@H](O)[C@@H]2O)[C@@H]1O. The third-order valence-electron chi connectivity index (χ3n) is 7.33. The molecule has 0 radical (unpaired) electrons. The standard InChI is InChI=1S/C23H41N3O16/c24-26-25-4-2-1-3-5-37-21-18(36)19(14(32)11(8-29)38-21)41-23-20(16(34)13(31)10(7-28)40-23)42-22-17(35)15(33)12(30)9(6-27)39-22/h9-23,27-36H,1-8H2/t9-,10-,11-,12-,13-,14-,15+,16+,17+,18+,19+,20+,21+,22-,23-/m1/s1. The summed E-state index contributed by atoms with van der Waals surface area (Å²) >= 11 is 0. The first-order chi connectivity index (χ1) is 20.1. The van der Waals surface area contributed by atoms with Crippen molar-refractivity contribution in [2.45, 2.75) is 111 Å². The van der Waals surface area contributed by atoms with E-state index in [1.54, 1.807) is 0 Å². The van der Waals surface area contributed by atoms with Gasteiger partial charge in [0, 0.05) is 18.1 Å². The Morgan fingerprint density at radius 1 is 0.571 bits per heavy atom. The van der Waals surface area contributed by atoms with Crippen LogP contribution in [0.2, 0.25) is 0 Å².